The minimum atomic E-state index is 0.175. The highest BCUT2D eigenvalue weighted by molar-refractivity contribution is 5.97. The number of benzene rings is 1. The quantitative estimate of drug-likeness (QED) is 0.862. The molecule has 0 unspecified atom stereocenters. The number of rotatable bonds is 3. The van der Waals surface area contributed by atoms with Gasteiger partial charge in [-0.05, 0) is 24.1 Å². The fourth-order valence-corrected chi connectivity index (χ4v) is 3.97. The van der Waals surface area contributed by atoms with Gasteiger partial charge in [0.1, 0.15) is 0 Å². The third kappa shape index (κ3) is 2.47. The van der Waals surface area contributed by atoms with Crippen molar-refractivity contribution >= 4 is 11.6 Å². The second-order valence-corrected chi connectivity index (χ2v) is 6.55. The zero-order valence-corrected chi connectivity index (χ0v) is 13.6. The van der Waals surface area contributed by atoms with Gasteiger partial charge in [0.05, 0.1) is 29.6 Å². The molecule has 122 valence electrons. The van der Waals surface area contributed by atoms with Gasteiger partial charge in [-0.15, -0.1) is 0 Å². The summed E-state index contributed by atoms with van der Waals surface area (Å²) in [6.45, 7) is 1.75. The van der Waals surface area contributed by atoms with E-state index in [1.807, 2.05) is 42.4 Å². The molecule has 2 aliphatic rings. The van der Waals surface area contributed by atoms with Crippen molar-refractivity contribution in [2.45, 2.75) is 31.5 Å². The minimum Gasteiger partial charge on any atom is -0.305 e. The van der Waals surface area contributed by atoms with Crippen molar-refractivity contribution in [2.75, 3.05) is 11.4 Å². The van der Waals surface area contributed by atoms with Crippen molar-refractivity contribution in [1.82, 2.24) is 14.7 Å². The summed E-state index contributed by atoms with van der Waals surface area (Å²) in [6.07, 6.45) is 5.19. The molecule has 0 bridgehead atoms. The van der Waals surface area contributed by atoms with Gasteiger partial charge in [0, 0.05) is 38.8 Å². The number of nitrogens with zero attached hydrogens (tertiary/aromatic N) is 5. The van der Waals surface area contributed by atoms with E-state index in [-0.39, 0.29) is 18.0 Å². The molecule has 0 N–H and O–H groups in total. The second-order valence-electron chi connectivity index (χ2n) is 6.55. The van der Waals surface area contributed by atoms with Crippen LogP contribution in [0.25, 0.3) is 0 Å². The Bertz CT molecular complexity index is 821. The number of hydrogen-bond donors (Lipinski definition) is 0. The summed E-state index contributed by atoms with van der Waals surface area (Å²) in [5.41, 5.74) is 2.70. The third-order valence-electron chi connectivity index (χ3n) is 5.02. The molecule has 0 radical (unpaired) electrons. The number of likely N-dealkylation sites (tertiary alicyclic amines) is 1. The Morgan fingerprint density at radius 1 is 1.38 bits per heavy atom. The zero-order valence-electron chi connectivity index (χ0n) is 13.6. The summed E-state index contributed by atoms with van der Waals surface area (Å²) < 4.78 is 1.73. The highest BCUT2D eigenvalue weighted by atomic mass is 16.2. The molecule has 24 heavy (non-hydrogen) atoms. The predicted octanol–water partition coefficient (Wildman–Crippen LogP) is 1.67. The van der Waals surface area contributed by atoms with Gasteiger partial charge < -0.3 is 4.90 Å². The molecule has 2 atom stereocenters. The molecule has 0 saturated carbocycles. The molecule has 3 heterocycles. The fourth-order valence-electron chi connectivity index (χ4n) is 3.97. The largest absolute Gasteiger partial charge is 0.305 e. The van der Waals surface area contributed by atoms with E-state index in [0.717, 1.165) is 30.8 Å². The summed E-state index contributed by atoms with van der Waals surface area (Å²) in [5, 5.41) is 13.2. The third-order valence-corrected chi connectivity index (χ3v) is 5.02. The van der Waals surface area contributed by atoms with Gasteiger partial charge in [-0.3, -0.25) is 14.4 Å². The number of carbonyl (C=O) groups excluding carboxylic acids is 1. The lowest BCUT2D eigenvalue weighted by atomic mass is 10.1. The summed E-state index contributed by atoms with van der Waals surface area (Å²) in [5.74, 6) is 0.175. The van der Waals surface area contributed by atoms with Gasteiger partial charge in [-0.2, -0.15) is 10.4 Å². The van der Waals surface area contributed by atoms with Gasteiger partial charge in [-0.25, -0.2) is 0 Å². The Morgan fingerprint density at radius 2 is 2.25 bits per heavy atom. The van der Waals surface area contributed by atoms with E-state index in [2.05, 4.69) is 16.1 Å². The van der Waals surface area contributed by atoms with Crippen LogP contribution in [0.3, 0.4) is 0 Å². The van der Waals surface area contributed by atoms with Crippen LogP contribution in [-0.2, 0) is 18.4 Å². The van der Waals surface area contributed by atoms with E-state index in [1.165, 1.54) is 0 Å². The highest BCUT2D eigenvalue weighted by Crippen LogP contribution is 2.36. The molecule has 4 rings (SSSR count). The summed E-state index contributed by atoms with van der Waals surface area (Å²) in [6, 6.07) is 10.4. The van der Waals surface area contributed by atoms with Crippen LogP contribution in [-0.4, -0.2) is 39.2 Å². The normalized spacial score (nSPS) is 23.5. The van der Waals surface area contributed by atoms with E-state index in [1.54, 1.807) is 10.9 Å². The number of hydrogen-bond acceptors (Lipinski definition) is 4. The van der Waals surface area contributed by atoms with Crippen molar-refractivity contribution < 1.29 is 4.79 Å². The predicted molar refractivity (Wildman–Crippen MR) is 89.1 cm³/mol. The number of anilines is 1. The molecule has 2 aliphatic heterocycles. The first kappa shape index (κ1) is 14.9. The average Bonchev–Trinajstić information content (AvgIpc) is 3.24. The number of aromatic nitrogens is 2. The van der Waals surface area contributed by atoms with Crippen molar-refractivity contribution in [3.8, 4) is 6.07 Å². The van der Waals surface area contributed by atoms with Crippen molar-refractivity contribution in [3.63, 3.8) is 0 Å². The smallest absolute Gasteiger partial charge is 0.229 e. The molecule has 0 spiro atoms. The molecule has 1 aromatic carbocycles. The molecule has 2 aromatic rings. The van der Waals surface area contributed by atoms with E-state index < -0.39 is 0 Å². The summed E-state index contributed by atoms with van der Waals surface area (Å²) in [4.78, 5) is 16.8. The first-order valence-electron chi connectivity index (χ1n) is 8.19. The maximum atomic E-state index is 12.5. The van der Waals surface area contributed by atoms with Crippen molar-refractivity contribution in [1.29, 1.82) is 5.26 Å². The van der Waals surface area contributed by atoms with Gasteiger partial charge in [-0.1, -0.05) is 12.1 Å². The van der Waals surface area contributed by atoms with Gasteiger partial charge in [0.2, 0.25) is 5.91 Å². The molecule has 0 aliphatic carbocycles. The van der Waals surface area contributed by atoms with Gasteiger partial charge in [0.15, 0.2) is 0 Å². The van der Waals surface area contributed by atoms with Crippen LogP contribution in [0, 0.1) is 11.3 Å². The Labute approximate surface area is 140 Å². The lowest BCUT2D eigenvalue weighted by Crippen LogP contribution is -2.37. The van der Waals surface area contributed by atoms with E-state index >= 15 is 0 Å². The van der Waals surface area contributed by atoms with E-state index in [9.17, 15) is 4.79 Å². The molecule has 2 saturated heterocycles. The summed E-state index contributed by atoms with van der Waals surface area (Å²) >= 11 is 0. The van der Waals surface area contributed by atoms with Crippen LogP contribution in [0.4, 0.5) is 5.69 Å². The minimum absolute atomic E-state index is 0.175. The Kier molecular flexibility index (Phi) is 3.58. The Hall–Kier alpha value is -2.65. The Morgan fingerprint density at radius 3 is 3.00 bits per heavy atom. The molecule has 1 amide bonds. The van der Waals surface area contributed by atoms with Gasteiger partial charge in [0.25, 0.3) is 0 Å². The lowest BCUT2D eigenvalue weighted by molar-refractivity contribution is -0.117. The monoisotopic (exact) mass is 321 g/mol. The maximum Gasteiger partial charge on any atom is 0.229 e. The SMILES string of the molecule is Cn1cc(N2C(=O)C[C@H]3[C@H]2CCN3Cc2cccc(C#N)c2)cn1. The molecule has 2 fully saturated rings. The molecular weight excluding hydrogens is 302 g/mol. The first-order chi connectivity index (χ1) is 11.7. The number of amides is 1. The number of aryl methyl sites for hydroxylation is 1. The van der Waals surface area contributed by atoms with Crippen molar-refractivity contribution in [2.24, 2.45) is 7.05 Å². The van der Waals surface area contributed by atoms with Gasteiger partial charge >= 0.3 is 0 Å². The standard InChI is InChI=1S/C18H19N5O/c1-21-12-15(10-20-21)23-16-5-6-22(17(16)8-18(23)24)11-14-4-2-3-13(7-14)9-19/h2-4,7,10,12,16-17H,5-6,8,11H2,1H3/t16-,17+/m1/s1. The van der Waals surface area contributed by atoms with E-state index in [4.69, 9.17) is 5.26 Å². The van der Waals surface area contributed by atoms with Crippen LogP contribution in [0.15, 0.2) is 36.7 Å². The highest BCUT2D eigenvalue weighted by Gasteiger charge is 2.47. The number of nitriles is 1. The second kappa shape index (κ2) is 5.77. The van der Waals surface area contributed by atoms with E-state index in [0.29, 0.717) is 12.0 Å². The first-order valence-corrected chi connectivity index (χ1v) is 8.19. The molecule has 6 nitrogen and oxygen atoms in total. The molecule has 6 heteroatoms. The molecule has 1 aromatic heterocycles. The van der Waals surface area contributed by atoms with Crippen LogP contribution in [0.1, 0.15) is 24.0 Å². The van der Waals surface area contributed by atoms with Crippen LogP contribution < -0.4 is 4.90 Å². The maximum absolute atomic E-state index is 12.5. The lowest BCUT2D eigenvalue weighted by Gasteiger charge is -2.24. The average molecular weight is 321 g/mol. The van der Waals surface area contributed by atoms with Crippen LogP contribution >= 0.6 is 0 Å². The van der Waals surface area contributed by atoms with Crippen LogP contribution in [0.2, 0.25) is 0 Å². The Balaban J connectivity index is 1.53. The van der Waals surface area contributed by atoms with Crippen molar-refractivity contribution in [3.05, 3.63) is 47.8 Å². The fraction of sp³-hybridized carbons (Fsp3) is 0.389. The van der Waals surface area contributed by atoms with Crippen LogP contribution in [0.5, 0.6) is 0 Å². The summed E-state index contributed by atoms with van der Waals surface area (Å²) in [7, 11) is 1.87. The number of carbonyl (C=O) groups is 1. The number of fused-ring (bicyclic) bond motifs is 1. The topological polar surface area (TPSA) is 65.2 Å². The zero-order chi connectivity index (χ0) is 16.7. The molecular formula is C18H19N5O.